The fourth-order valence-electron chi connectivity index (χ4n) is 2.69. The highest BCUT2D eigenvalue weighted by atomic mass is 32.2. The van der Waals surface area contributed by atoms with Gasteiger partial charge in [-0.1, -0.05) is 19.3 Å². The second kappa shape index (κ2) is 6.27. The van der Waals surface area contributed by atoms with Crippen LogP contribution in [0.2, 0.25) is 0 Å². The second-order valence-electron chi connectivity index (χ2n) is 5.45. The molecule has 0 aliphatic heterocycles. The van der Waals surface area contributed by atoms with Crippen molar-refractivity contribution in [2.24, 2.45) is 0 Å². The lowest BCUT2D eigenvalue weighted by atomic mass is 9.82. The molecule has 1 aromatic rings. The molecule has 0 amide bonds. The van der Waals surface area contributed by atoms with Gasteiger partial charge in [-0.3, -0.25) is 0 Å². The molecule has 118 valence electrons. The van der Waals surface area contributed by atoms with Crippen LogP contribution in [0.5, 0.6) is 0 Å². The third-order valence-corrected chi connectivity index (χ3v) is 5.34. The van der Waals surface area contributed by atoms with E-state index in [1.807, 2.05) is 0 Å². The average molecular weight is 319 g/mol. The SMILES string of the molecule is O=S(=O)(c1ccc(NC2(CO)CCCCC2)cc1)C(F)F. The predicted molar refractivity (Wildman–Crippen MR) is 76.2 cm³/mol. The maximum Gasteiger partial charge on any atom is 0.341 e. The number of alkyl halides is 2. The van der Waals surface area contributed by atoms with Gasteiger partial charge in [0.15, 0.2) is 0 Å². The summed E-state index contributed by atoms with van der Waals surface area (Å²) in [6, 6.07) is 5.25. The van der Waals surface area contributed by atoms with Gasteiger partial charge in [-0.15, -0.1) is 0 Å². The van der Waals surface area contributed by atoms with E-state index in [4.69, 9.17) is 0 Å². The van der Waals surface area contributed by atoms with Gasteiger partial charge < -0.3 is 10.4 Å². The summed E-state index contributed by atoms with van der Waals surface area (Å²) in [7, 11) is -4.56. The van der Waals surface area contributed by atoms with Crippen LogP contribution in [0.1, 0.15) is 32.1 Å². The van der Waals surface area contributed by atoms with Crippen LogP contribution >= 0.6 is 0 Å². The first-order valence-corrected chi connectivity index (χ1v) is 8.45. The van der Waals surface area contributed by atoms with Crippen molar-refractivity contribution < 1.29 is 22.3 Å². The number of aliphatic hydroxyl groups is 1. The van der Waals surface area contributed by atoms with Crippen molar-refractivity contribution in [2.45, 2.75) is 48.3 Å². The summed E-state index contributed by atoms with van der Waals surface area (Å²) in [6.45, 7) is -0.00984. The largest absolute Gasteiger partial charge is 0.394 e. The molecule has 1 saturated carbocycles. The van der Waals surface area contributed by atoms with Crippen LogP contribution in [0, 0.1) is 0 Å². The number of benzene rings is 1. The van der Waals surface area contributed by atoms with E-state index in [-0.39, 0.29) is 6.61 Å². The van der Waals surface area contributed by atoms with Gasteiger partial charge in [0.25, 0.3) is 0 Å². The van der Waals surface area contributed by atoms with Crippen molar-refractivity contribution in [1.82, 2.24) is 0 Å². The summed E-state index contributed by atoms with van der Waals surface area (Å²) in [5.74, 6) is -3.42. The number of anilines is 1. The topological polar surface area (TPSA) is 66.4 Å². The molecular weight excluding hydrogens is 300 g/mol. The highest BCUT2D eigenvalue weighted by Crippen LogP contribution is 2.31. The Morgan fingerprint density at radius 1 is 1.14 bits per heavy atom. The number of halogens is 2. The average Bonchev–Trinajstić information content (AvgIpc) is 2.48. The van der Waals surface area contributed by atoms with E-state index < -0.39 is 26.0 Å². The summed E-state index contributed by atoms with van der Waals surface area (Å²) in [5.41, 5.74) is 0.223. The molecule has 0 radical (unpaired) electrons. The Morgan fingerprint density at radius 2 is 1.71 bits per heavy atom. The molecule has 1 aliphatic carbocycles. The van der Waals surface area contributed by atoms with Crippen molar-refractivity contribution in [3.8, 4) is 0 Å². The highest BCUT2D eigenvalue weighted by Gasteiger charge is 2.31. The molecule has 21 heavy (non-hydrogen) atoms. The first kappa shape index (κ1) is 16.2. The van der Waals surface area contributed by atoms with Crippen molar-refractivity contribution >= 4 is 15.5 Å². The summed E-state index contributed by atoms with van der Waals surface area (Å²) in [6.07, 6.45) is 4.84. The van der Waals surface area contributed by atoms with Crippen molar-refractivity contribution in [3.63, 3.8) is 0 Å². The molecule has 1 fully saturated rings. The van der Waals surface area contributed by atoms with Crippen LogP contribution in [0.3, 0.4) is 0 Å². The third kappa shape index (κ3) is 3.52. The first-order chi connectivity index (χ1) is 9.89. The fourth-order valence-corrected chi connectivity index (χ4v) is 3.41. The molecule has 0 atom stereocenters. The molecule has 0 aromatic heterocycles. The number of sulfone groups is 1. The van der Waals surface area contributed by atoms with E-state index in [0.29, 0.717) is 5.69 Å². The van der Waals surface area contributed by atoms with Crippen molar-refractivity contribution in [3.05, 3.63) is 24.3 Å². The number of rotatable bonds is 5. The van der Waals surface area contributed by atoms with Crippen molar-refractivity contribution in [2.75, 3.05) is 11.9 Å². The third-order valence-electron chi connectivity index (χ3n) is 3.94. The van der Waals surface area contributed by atoms with E-state index in [1.165, 1.54) is 12.1 Å². The Labute approximate surface area is 123 Å². The maximum atomic E-state index is 12.5. The minimum Gasteiger partial charge on any atom is -0.394 e. The number of aliphatic hydroxyl groups excluding tert-OH is 1. The monoisotopic (exact) mass is 319 g/mol. The zero-order chi connectivity index (χ0) is 15.5. The quantitative estimate of drug-likeness (QED) is 0.876. The predicted octanol–water partition coefficient (Wildman–Crippen LogP) is 2.79. The van der Waals surface area contributed by atoms with Crippen LogP contribution in [-0.4, -0.2) is 31.4 Å². The molecular formula is C14H19F2NO3S. The normalized spacial score (nSPS) is 18.7. The van der Waals surface area contributed by atoms with Crippen LogP contribution < -0.4 is 5.32 Å². The fraction of sp³-hybridized carbons (Fsp3) is 0.571. The van der Waals surface area contributed by atoms with Gasteiger partial charge in [-0.05, 0) is 37.1 Å². The van der Waals surface area contributed by atoms with E-state index in [9.17, 15) is 22.3 Å². The highest BCUT2D eigenvalue weighted by molar-refractivity contribution is 7.91. The van der Waals surface area contributed by atoms with Gasteiger partial charge in [-0.25, -0.2) is 8.42 Å². The number of hydrogen-bond acceptors (Lipinski definition) is 4. The molecule has 0 spiro atoms. The molecule has 0 saturated heterocycles. The smallest absolute Gasteiger partial charge is 0.341 e. The molecule has 2 rings (SSSR count). The summed E-state index contributed by atoms with van der Waals surface area (Å²) >= 11 is 0. The van der Waals surface area contributed by atoms with Crippen molar-refractivity contribution in [1.29, 1.82) is 0 Å². The van der Waals surface area contributed by atoms with Crippen LogP contribution in [0.4, 0.5) is 14.5 Å². The Morgan fingerprint density at radius 3 is 2.19 bits per heavy atom. The standard InChI is InChI=1S/C14H19F2NO3S/c15-13(16)21(19,20)12-6-4-11(5-7-12)17-14(10-18)8-2-1-3-9-14/h4-7,13,17-18H,1-3,8-10H2. The Balaban J connectivity index is 2.16. The summed E-state index contributed by atoms with van der Waals surface area (Å²) < 4.78 is 47.6. The molecule has 0 heterocycles. The van der Waals surface area contributed by atoms with Gasteiger partial charge in [0, 0.05) is 5.69 Å². The van der Waals surface area contributed by atoms with Gasteiger partial charge in [-0.2, -0.15) is 8.78 Å². The lowest BCUT2D eigenvalue weighted by Crippen LogP contribution is -2.43. The van der Waals surface area contributed by atoms with E-state index in [2.05, 4.69) is 5.32 Å². The number of hydrogen-bond donors (Lipinski definition) is 2. The first-order valence-electron chi connectivity index (χ1n) is 6.91. The molecule has 1 aliphatic rings. The van der Waals surface area contributed by atoms with Gasteiger partial charge in [0.1, 0.15) is 0 Å². The molecule has 1 aromatic carbocycles. The summed E-state index contributed by atoms with van der Waals surface area (Å²) in [5, 5.41) is 12.8. The molecule has 2 N–H and O–H groups in total. The minimum atomic E-state index is -4.56. The zero-order valence-corrected chi connectivity index (χ0v) is 12.4. The van der Waals surface area contributed by atoms with Gasteiger partial charge in [0.2, 0.25) is 9.84 Å². The van der Waals surface area contributed by atoms with E-state index in [0.717, 1.165) is 44.2 Å². The molecule has 4 nitrogen and oxygen atoms in total. The molecule has 0 bridgehead atoms. The van der Waals surface area contributed by atoms with E-state index >= 15 is 0 Å². The summed E-state index contributed by atoms with van der Waals surface area (Å²) in [4.78, 5) is -0.398. The Kier molecular flexibility index (Phi) is 4.83. The number of nitrogens with one attached hydrogen (secondary N) is 1. The van der Waals surface area contributed by atoms with Crippen LogP contribution in [0.15, 0.2) is 29.2 Å². The maximum absolute atomic E-state index is 12.5. The molecule has 0 unspecified atom stereocenters. The minimum absolute atomic E-state index is 0.00984. The lowest BCUT2D eigenvalue weighted by Gasteiger charge is -2.37. The van der Waals surface area contributed by atoms with E-state index in [1.54, 1.807) is 0 Å². The van der Waals surface area contributed by atoms with Gasteiger partial charge in [0.05, 0.1) is 17.0 Å². The van der Waals surface area contributed by atoms with Gasteiger partial charge >= 0.3 is 5.76 Å². The second-order valence-corrected chi connectivity index (χ2v) is 7.37. The Bertz CT molecular complexity index is 566. The zero-order valence-electron chi connectivity index (χ0n) is 11.6. The Hall–Kier alpha value is -1.21. The van der Waals surface area contributed by atoms with Crippen LogP contribution in [-0.2, 0) is 9.84 Å². The lowest BCUT2D eigenvalue weighted by molar-refractivity contribution is 0.173. The molecule has 7 heteroatoms. The van der Waals surface area contributed by atoms with Crippen LogP contribution in [0.25, 0.3) is 0 Å².